The summed E-state index contributed by atoms with van der Waals surface area (Å²) in [6.45, 7) is 0. The van der Waals surface area contributed by atoms with E-state index >= 15 is 0 Å². The Morgan fingerprint density at radius 3 is 2.80 bits per heavy atom. The van der Waals surface area contributed by atoms with Gasteiger partial charge in [0.15, 0.2) is 0 Å². The molecule has 76 valence electrons. The topological polar surface area (TPSA) is 74.0 Å². The van der Waals surface area contributed by atoms with Crippen LogP contribution >= 0.6 is 0 Å². The zero-order chi connectivity index (χ0) is 10.7. The second-order valence-electron chi connectivity index (χ2n) is 3.08. The Labute approximate surface area is 86.1 Å². The lowest BCUT2D eigenvalue weighted by Crippen LogP contribution is -2.24. The predicted octanol–water partition coefficient (Wildman–Crippen LogP) is 0.597. The summed E-state index contributed by atoms with van der Waals surface area (Å²) >= 11 is 0. The largest absolute Gasteiger partial charge is 0.411 e. The van der Waals surface area contributed by atoms with Gasteiger partial charge in [0, 0.05) is 0 Å². The van der Waals surface area contributed by atoms with Gasteiger partial charge in [0.2, 0.25) is 0 Å². The molecule has 0 saturated heterocycles. The lowest BCUT2D eigenvalue weighted by molar-refractivity contribution is -0.120. The molecule has 1 heterocycles. The zero-order valence-electron chi connectivity index (χ0n) is 7.79. The lowest BCUT2D eigenvalue weighted by Gasteiger charge is -2.03. The number of nitrogens with zero attached hydrogens (tertiary/aromatic N) is 2. The fourth-order valence-electron chi connectivity index (χ4n) is 1.44. The van der Waals surface area contributed by atoms with Crippen molar-refractivity contribution >= 4 is 17.8 Å². The van der Waals surface area contributed by atoms with E-state index in [-0.39, 0.29) is 5.91 Å². The summed E-state index contributed by atoms with van der Waals surface area (Å²) in [5, 5.41) is 15.2. The van der Waals surface area contributed by atoms with Gasteiger partial charge in [0.05, 0.1) is 11.9 Å². The van der Waals surface area contributed by atoms with Crippen LogP contribution in [0.25, 0.3) is 0 Å². The molecule has 2 rings (SSSR count). The van der Waals surface area contributed by atoms with Crippen LogP contribution in [0.15, 0.2) is 40.6 Å². The van der Waals surface area contributed by atoms with Crippen LogP contribution in [0.1, 0.15) is 5.56 Å². The van der Waals surface area contributed by atoms with Crippen LogP contribution in [0.2, 0.25) is 0 Å². The molecular formula is C10H9N3O2. The highest BCUT2D eigenvalue weighted by atomic mass is 16.4. The van der Waals surface area contributed by atoms with Crippen LogP contribution < -0.4 is 5.43 Å². The van der Waals surface area contributed by atoms with E-state index in [0.29, 0.717) is 5.71 Å². The number of carbonyl (C=O) groups is 1. The highest BCUT2D eigenvalue weighted by Crippen LogP contribution is 2.13. The van der Waals surface area contributed by atoms with Gasteiger partial charge in [-0.1, -0.05) is 30.3 Å². The summed E-state index contributed by atoms with van der Waals surface area (Å²) < 4.78 is 0. The number of hydrogen-bond acceptors (Lipinski definition) is 4. The van der Waals surface area contributed by atoms with Gasteiger partial charge < -0.3 is 5.21 Å². The van der Waals surface area contributed by atoms with Crippen molar-refractivity contribution in [3.8, 4) is 0 Å². The monoisotopic (exact) mass is 203 g/mol. The number of carbonyl (C=O) groups excluding carboxylic acids is 1. The molecule has 2 N–H and O–H groups in total. The van der Waals surface area contributed by atoms with Gasteiger partial charge in [-0.3, -0.25) is 4.79 Å². The number of amides is 1. The van der Waals surface area contributed by atoms with E-state index in [1.54, 1.807) is 0 Å². The first-order valence-electron chi connectivity index (χ1n) is 4.43. The molecule has 0 spiro atoms. The number of oxime groups is 1. The van der Waals surface area contributed by atoms with Gasteiger partial charge in [0.1, 0.15) is 5.92 Å². The number of rotatable bonds is 2. The predicted molar refractivity (Wildman–Crippen MR) is 54.9 cm³/mol. The number of hydrazone groups is 1. The SMILES string of the molecule is O=C1NN=C(c2ccccc2)C1C=NO. The fourth-order valence-corrected chi connectivity index (χ4v) is 1.44. The minimum absolute atomic E-state index is 0.286. The van der Waals surface area contributed by atoms with Crippen molar-refractivity contribution in [3.63, 3.8) is 0 Å². The highest BCUT2D eigenvalue weighted by molar-refractivity contribution is 6.24. The van der Waals surface area contributed by atoms with Crippen molar-refractivity contribution in [1.29, 1.82) is 0 Å². The molecule has 1 atom stereocenters. The van der Waals surface area contributed by atoms with Crippen molar-refractivity contribution in [2.45, 2.75) is 0 Å². The molecule has 0 fully saturated rings. The van der Waals surface area contributed by atoms with E-state index in [2.05, 4.69) is 15.7 Å². The summed E-state index contributed by atoms with van der Waals surface area (Å²) in [6.07, 6.45) is 1.16. The minimum Gasteiger partial charge on any atom is -0.411 e. The molecule has 0 aliphatic carbocycles. The van der Waals surface area contributed by atoms with Crippen molar-refractivity contribution in [2.75, 3.05) is 0 Å². The van der Waals surface area contributed by atoms with Gasteiger partial charge in [0.25, 0.3) is 5.91 Å². The molecule has 1 aromatic rings. The Morgan fingerprint density at radius 2 is 2.13 bits per heavy atom. The maximum absolute atomic E-state index is 11.3. The third-order valence-corrected chi connectivity index (χ3v) is 2.15. The lowest BCUT2D eigenvalue weighted by atomic mass is 9.98. The maximum Gasteiger partial charge on any atom is 0.254 e. The van der Waals surface area contributed by atoms with Crippen molar-refractivity contribution in [2.24, 2.45) is 16.2 Å². The zero-order valence-corrected chi connectivity index (χ0v) is 7.79. The van der Waals surface area contributed by atoms with E-state index in [4.69, 9.17) is 5.21 Å². The second kappa shape index (κ2) is 3.91. The highest BCUT2D eigenvalue weighted by Gasteiger charge is 2.29. The first-order valence-corrected chi connectivity index (χ1v) is 4.43. The van der Waals surface area contributed by atoms with Crippen LogP contribution in [0.4, 0.5) is 0 Å². The van der Waals surface area contributed by atoms with Crippen LogP contribution in [0, 0.1) is 5.92 Å². The normalized spacial score (nSPS) is 20.4. The second-order valence-corrected chi connectivity index (χ2v) is 3.08. The molecule has 1 aliphatic heterocycles. The van der Waals surface area contributed by atoms with E-state index in [9.17, 15) is 4.79 Å². The molecule has 0 radical (unpaired) electrons. The molecule has 1 amide bonds. The van der Waals surface area contributed by atoms with Gasteiger partial charge in [-0.15, -0.1) is 5.16 Å². The Bertz CT molecular complexity index is 426. The van der Waals surface area contributed by atoms with Crippen LogP contribution in [-0.4, -0.2) is 23.0 Å². The molecule has 15 heavy (non-hydrogen) atoms. The molecule has 1 aromatic carbocycles. The van der Waals surface area contributed by atoms with E-state index in [1.165, 1.54) is 0 Å². The third-order valence-electron chi connectivity index (χ3n) is 2.15. The fraction of sp³-hybridized carbons (Fsp3) is 0.100. The number of hydrogen-bond donors (Lipinski definition) is 2. The first-order chi connectivity index (χ1) is 7.33. The average Bonchev–Trinajstić information content (AvgIpc) is 2.63. The Hall–Kier alpha value is -2.17. The maximum atomic E-state index is 11.3. The van der Waals surface area contributed by atoms with Crippen molar-refractivity contribution in [3.05, 3.63) is 35.9 Å². The van der Waals surface area contributed by atoms with Crippen molar-refractivity contribution < 1.29 is 10.0 Å². The van der Waals surface area contributed by atoms with Gasteiger partial charge in [-0.2, -0.15) is 5.10 Å². The molecule has 5 nitrogen and oxygen atoms in total. The smallest absolute Gasteiger partial charge is 0.254 e. The third kappa shape index (κ3) is 1.71. The molecule has 5 heteroatoms. The van der Waals surface area contributed by atoms with E-state index in [0.717, 1.165) is 11.8 Å². The van der Waals surface area contributed by atoms with E-state index < -0.39 is 5.92 Å². The summed E-state index contributed by atoms with van der Waals surface area (Å²) in [5.41, 5.74) is 3.75. The van der Waals surface area contributed by atoms with E-state index in [1.807, 2.05) is 30.3 Å². The van der Waals surface area contributed by atoms with Crippen LogP contribution in [0.5, 0.6) is 0 Å². The summed E-state index contributed by atoms with van der Waals surface area (Å²) in [6, 6.07) is 9.28. The van der Waals surface area contributed by atoms with Crippen LogP contribution in [-0.2, 0) is 4.79 Å². The Morgan fingerprint density at radius 1 is 1.40 bits per heavy atom. The molecule has 0 saturated carbocycles. The number of nitrogens with one attached hydrogen (secondary N) is 1. The summed E-state index contributed by atoms with van der Waals surface area (Å²) in [5.74, 6) is -0.899. The van der Waals surface area contributed by atoms with Crippen LogP contribution in [0.3, 0.4) is 0 Å². The standard InChI is InChI=1S/C10H9N3O2/c14-10-8(6-11-15)9(12-13-10)7-4-2-1-3-5-7/h1-6,8,15H,(H,13,14). The molecular weight excluding hydrogens is 194 g/mol. The first kappa shape index (κ1) is 9.39. The van der Waals surface area contributed by atoms with Crippen molar-refractivity contribution in [1.82, 2.24) is 5.43 Å². The van der Waals surface area contributed by atoms with Gasteiger partial charge in [-0.25, -0.2) is 5.43 Å². The summed E-state index contributed by atoms with van der Waals surface area (Å²) in [7, 11) is 0. The quantitative estimate of drug-likeness (QED) is 0.419. The Kier molecular flexibility index (Phi) is 2.45. The molecule has 1 aliphatic rings. The minimum atomic E-state index is -0.614. The van der Waals surface area contributed by atoms with Gasteiger partial charge in [-0.05, 0) is 5.56 Å². The summed E-state index contributed by atoms with van der Waals surface area (Å²) in [4.78, 5) is 11.3. The Balaban J connectivity index is 2.34. The molecule has 1 unspecified atom stereocenters. The molecule has 0 bridgehead atoms. The average molecular weight is 203 g/mol. The number of benzene rings is 1. The molecule has 0 aromatic heterocycles. The van der Waals surface area contributed by atoms with Gasteiger partial charge >= 0.3 is 0 Å².